The molecule has 1 aliphatic carbocycles. The van der Waals surface area contributed by atoms with Gasteiger partial charge in [0.15, 0.2) is 0 Å². The fraction of sp³-hybridized carbons (Fsp3) is 0.130. The maximum atomic E-state index is 14.5. The Morgan fingerprint density at radius 2 is 1.88 bits per heavy atom. The molecule has 0 spiro atoms. The van der Waals surface area contributed by atoms with Gasteiger partial charge in [-0.1, -0.05) is 18.2 Å². The molecule has 0 bridgehead atoms. The molecule has 0 unspecified atom stereocenters. The first-order chi connectivity index (χ1) is 15.7. The van der Waals surface area contributed by atoms with Gasteiger partial charge < -0.3 is 16.0 Å². The molecular formula is C23H20FN7O. The van der Waals surface area contributed by atoms with Crippen LogP contribution in [0.15, 0.2) is 73.3 Å². The first-order valence-corrected chi connectivity index (χ1v) is 10.2. The van der Waals surface area contributed by atoms with Gasteiger partial charge in [-0.15, -0.1) is 0 Å². The smallest absolute Gasteiger partial charge is 0.255 e. The Bertz CT molecular complexity index is 1250. The average Bonchev–Trinajstić information content (AvgIpc) is 3.51. The van der Waals surface area contributed by atoms with E-state index in [1.54, 1.807) is 41.2 Å². The number of carbonyl (C=O) groups excluding carboxylic acids is 1. The summed E-state index contributed by atoms with van der Waals surface area (Å²) in [5.74, 6) is 0.954. The quantitative estimate of drug-likeness (QED) is 0.404. The molecule has 5 rings (SSSR count). The van der Waals surface area contributed by atoms with Crippen molar-refractivity contribution in [3.8, 4) is 5.82 Å². The van der Waals surface area contributed by atoms with Gasteiger partial charge in [0, 0.05) is 35.8 Å². The summed E-state index contributed by atoms with van der Waals surface area (Å²) in [5.41, 5.74) is 1.15. The first-order valence-electron chi connectivity index (χ1n) is 10.2. The van der Waals surface area contributed by atoms with Crippen molar-refractivity contribution < 1.29 is 9.18 Å². The molecule has 1 aliphatic rings. The molecule has 9 heteroatoms. The van der Waals surface area contributed by atoms with Gasteiger partial charge in [0.25, 0.3) is 5.91 Å². The predicted molar refractivity (Wildman–Crippen MR) is 120 cm³/mol. The molecule has 3 N–H and O–H groups in total. The van der Waals surface area contributed by atoms with E-state index in [4.69, 9.17) is 0 Å². The summed E-state index contributed by atoms with van der Waals surface area (Å²) in [7, 11) is 0. The number of hydrogen-bond donors (Lipinski definition) is 3. The normalized spacial score (nSPS) is 12.9. The van der Waals surface area contributed by atoms with Crippen LogP contribution in [0.3, 0.4) is 0 Å². The summed E-state index contributed by atoms with van der Waals surface area (Å²) in [4.78, 5) is 25.3. The molecule has 4 aromatic rings. The number of rotatable bonds is 7. The molecule has 0 atom stereocenters. The van der Waals surface area contributed by atoms with Gasteiger partial charge in [0.1, 0.15) is 23.8 Å². The van der Waals surface area contributed by atoms with E-state index in [-0.39, 0.29) is 11.6 Å². The summed E-state index contributed by atoms with van der Waals surface area (Å²) < 4.78 is 16.2. The van der Waals surface area contributed by atoms with Gasteiger partial charge in [-0.3, -0.25) is 9.36 Å². The Kier molecular flexibility index (Phi) is 5.20. The molecule has 2 aromatic heterocycles. The SMILES string of the molecule is O=C(Nc1ccc(F)c(Nc2nccn2-c2cc(NC3CC3)ncn2)c1)c1ccccc1. The zero-order chi connectivity index (χ0) is 21.9. The molecule has 8 nitrogen and oxygen atoms in total. The lowest BCUT2D eigenvalue weighted by atomic mass is 10.2. The highest BCUT2D eigenvalue weighted by Gasteiger charge is 2.21. The van der Waals surface area contributed by atoms with Crippen LogP contribution in [0.2, 0.25) is 0 Å². The van der Waals surface area contributed by atoms with Crippen LogP contribution in [0.25, 0.3) is 5.82 Å². The Balaban J connectivity index is 1.36. The van der Waals surface area contributed by atoms with Crippen LogP contribution in [0.5, 0.6) is 0 Å². The van der Waals surface area contributed by atoms with E-state index in [9.17, 15) is 9.18 Å². The van der Waals surface area contributed by atoms with Crippen molar-refractivity contribution >= 4 is 29.0 Å². The van der Waals surface area contributed by atoms with E-state index in [0.717, 1.165) is 18.7 Å². The summed E-state index contributed by atoms with van der Waals surface area (Å²) >= 11 is 0. The Morgan fingerprint density at radius 1 is 1.03 bits per heavy atom. The van der Waals surface area contributed by atoms with Crippen molar-refractivity contribution in [2.75, 3.05) is 16.0 Å². The van der Waals surface area contributed by atoms with Crippen LogP contribution in [0, 0.1) is 5.82 Å². The Morgan fingerprint density at radius 3 is 2.69 bits per heavy atom. The van der Waals surface area contributed by atoms with Crippen molar-refractivity contribution in [2.24, 2.45) is 0 Å². The van der Waals surface area contributed by atoms with Crippen LogP contribution in [0.4, 0.5) is 27.5 Å². The zero-order valence-corrected chi connectivity index (χ0v) is 17.0. The average molecular weight is 429 g/mol. The number of halogens is 1. The van der Waals surface area contributed by atoms with Crippen LogP contribution in [-0.4, -0.2) is 31.5 Å². The minimum atomic E-state index is -0.476. The monoisotopic (exact) mass is 429 g/mol. The minimum Gasteiger partial charge on any atom is -0.367 e. The third-order valence-corrected chi connectivity index (χ3v) is 4.98. The third-order valence-electron chi connectivity index (χ3n) is 4.98. The lowest BCUT2D eigenvalue weighted by Gasteiger charge is -2.12. The number of carbonyl (C=O) groups is 1. The highest BCUT2D eigenvalue weighted by atomic mass is 19.1. The number of imidazole rings is 1. The van der Waals surface area contributed by atoms with Crippen LogP contribution in [0.1, 0.15) is 23.2 Å². The molecule has 2 aromatic carbocycles. The Hall–Kier alpha value is -4.27. The highest BCUT2D eigenvalue weighted by Crippen LogP contribution is 2.26. The molecule has 0 saturated heterocycles. The molecule has 1 amide bonds. The molecular weight excluding hydrogens is 409 g/mol. The molecule has 1 fully saturated rings. The lowest BCUT2D eigenvalue weighted by Crippen LogP contribution is -2.12. The lowest BCUT2D eigenvalue weighted by molar-refractivity contribution is 0.102. The fourth-order valence-electron chi connectivity index (χ4n) is 3.19. The zero-order valence-electron chi connectivity index (χ0n) is 17.0. The largest absolute Gasteiger partial charge is 0.367 e. The van der Waals surface area contributed by atoms with Crippen molar-refractivity contribution in [3.63, 3.8) is 0 Å². The van der Waals surface area contributed by atoms with Gasteiger partial charge in [0.2, 0.25) is 5.95 Å². The molecule has 2 heterocycles. The van der Waals surface area contributed by atoms with E-state index in [2.05, 4.69) is 30.9 Å². The molecule has 32 heavy (non-hydrogen) atoms. The molecule has 160 valence electrons. The Labute approximate surface area is 183 Å². The number of anilines is 4. The van der Waals surface area contributed by atoms with E-state index in [1.165, 1.54) is 24.5 Å². The number of aromatic nitrogens is 4. The summed E-state index contributed by atoms with van der Waals surface area (Å²) in [5, 5.41) is 9.10. The van der Waals surface area contributed by atoms with E-state index >= 15 is 0 Å². The number of nitrogens with one attached hydrogen (secondary N) is 3. The van der Waals surface area contributed by atoms with Crippen LogP contribution >= 0.6 is 0 Å². The highest BCUT2D eigenvalue weighted by molar-refractivity contribution is 6.04. The molecule has 0 radical (unpaired) electrons. The maximum Gasteiger partial charge on any atom is 0.255 e. The van der Waals surface area contributed by atoms with Crippen molar-refractivity contribution in [3.05, 3.63) is 84.7 Å². The van der Waals surface area contributed by atoms with E-state index < -0.39 is 5.82 Å². The number of amides is 1. The first kappa shape index (κ1) is 19.7. The van der Waals surface area contributed by atoms with E-state index in [0.29, 0.717) is 29.1 Å². The van der Waals surface area contributed by atoms with Crippen LogP contribution in [-0.2, 0) is 0 Å². The summed E-state index contributed by atoms with van der Waals surface area (Å²) in [6, 6.07) is 15.4. The fourth-order valence-corrected chi connectivity index (χ4v) is 3.19. The number of benzene rings is 2. The number of nitrogens with zero attached hydrogens (tertiary/aromatic N) is 4. The van der Waals surface area contributed by atoms with Crippen molar-refractivity contribution in [1.82, 2.24) is 19.5 Å². The third kappa shape index (κ3) is 4.41. The van der Waals surface area contributed by atoms with Gasteiger partial charge in [0.05, 0.1) is 5.69 Å². The van der Waals surface area contributed by atoms with Gasteiger partial charge >= 0.3 is 0 Å². The van der Waals surface area contributed by atoms with Gasteiger partial charge in [-0.05, 0) is 43.2 Å². The molecule has 0 aliphatic heterocycles. The second kappa shape index (κ2) is 8.46. The maximum absolute atomic E-state index is 14.5. The van der Waals surface area contributed by atoms with Crippen molar-refractivity contribution in [2.45, 2.75) is 18.9 Å². The van der Waals surface area contributed by atoms with E-state index in [1.807, 2.05) is 12.1 Å². The predicted octanol–water partition coefficient (Wildman–Crippen LogP) is 4.37. The summed E-state index contributed by atoms with van der Waals surface area (Å²) in [6.45, 7) is 0. The van der Waals surface area contributed by atoms with Gasteiger partial charge in [-0.25, -0.2) is 19.3 Å². The second-order valence-electron chi connectivity index (χ2n) is 7.44. The summed E-state index contributed by atoms with van der Waals surface area (Å²) in [6.07, 6.45) is 7.06. The topological polar surface area (TPSA) is 96.8 Å². The standard InChI is InChI=1S/C23H20FN7O/c24-18-9-8-17(29-22(32)15-4-2-1-3-5-15)12-19(18)30-23-25-10-11-31(23)21-13-20(26-14-27-21)28-16-6-7-16/h1-5,8-14,16H,6-7H2,(H,25,30)(H,29,32)(H,26,27,28). The molecule has 1 saturated carbocycles. The number of hydrogen-bond acceptors (Lipinski definition) is 6. The van der Waals surface area contributed by atoms with Gasteiger partial charge in [-0.2, -0.15) is 0 Å². The second-order valence-corrected chi connectivity index (χ2v) is 7.44. The van der Waals surface area contributed by atoms with Crippen LogP contribution < -0.4 is 16.0 Å². The minimum absolute atomic E-state index is 0.175. The van der Waals surface area contributed by atoms with Crippen molar-refractivity contribution in [1.29, 1.82) is 0 Å².